The number of amidine groups is 1. The van der Waals surface area contributed by atoms with Gasteiger partial charge in [-0.25, -0.2) is 18.8 Å². The number of rotatable bonds is 4. The molecule has 0 spiro atoms. The monoisotopic (exact) mass is 415 g/mol. The van der Waals surface area contributed by atoms with Crippen LogP contribution in [-0.2, 0) is 11.2 Å². The Balaban J connectivity index is 1.61. The normalized spacial score (nSPS) is 16.8. The van der Waals surface area contributed by atoms with Gasteiger partial charge >= 0.3 is 0 Å². The molecule has 152 valence electrons. The average Bonchev–Trinajstić information content (AvgIpc) is 3.40. The summed E-state index contributed by atoms with van der Waals surface area (Å²) in [5.74, 6) is -1.57. The maximum Gasteiger partial charge on any atom is 0.282 e. The molecule has 0 saturated heterocycles. The van der Waals surface area contributed by atoms with E-state index in [1.807, 2.05) is 30.3 Å². The first-order valence-electron chi connectivity index (χ1n) is 9.55. The molecule has 31 heavy (non-hydrogen) atoms. The van der Waals surface area contributed by atoms with E-state index in [1.165, 1.54) is 35.6 Å². The van der Waals surface area contributed by atoms with Crippen LogP contribution in [-0.4, -0.2) is 22.4 Å². The predicted octanol–water partition coefficient (Wildman–Crippen LogP) is 4.84. The smallest absolute Gasteiger partial charge is 0.282 e. The highest BCUT2D eigenvalue weighted by Gasteiger charge is 2.35. The summed E-state index contributed by atoms with van der Waals surface area (Å²) in [7, 11) is 0. The molecule has 1 aromatic heterocycles. The maximum absolute atomic E-state index is 14.5. The minimum atomic E-state index is -1.02. The predicted molar refractivity (Wildman–Crippen MR) is 113 cm³/mol. The lowest BCUT2D eigenvalue weighted by Gasteiger charge is -2.22. The van der Waals surface area contributed by atoms with Crippen molar-refractivity contribution >= 4 is 29.2 Å². The van der Waals surface area contributed by atoms with Gasteiger partial charge < -0.3 is 4.42 Å². The summed E-state index contributed by atoms with van der Waals surface area (Å²) in [6, 6.07) is 16.8. The van der Waals surface area contributed by atoms with Gasteiger partial charge in [-0.1, -0.05) is 36.4 Å². The molecule has 0 unspecified atom stereocenters. The van der Waals surface area contributed by atoms with E-state index in [1.54, 1.807) is 12.1 Å². The summed E-state index contributed by atoms with van der Waals surface area (Å²) in [6.07, 6.45) is 4.78. The number of amides is 1. The Bertz CT molecular complexity index is 1290. The fraction of sp³-hybridized carbons (Fsp3) is 0.0417. The molecule has 3 heterocycles. The second kappa shape index (κ2) is 7.60. The Morgan fingerprint density at radius 2 is 1.81 bits per heavy atom. The fourth-order valence-electron chi connectivity index (χ4n) is 3.45. The number of furan rings is 1. The van der Waals surface area contributed by atoms with Crippen molar-refractivity contribution in [3.05, 3.63) is 107 Å². The first-order valence-corrected chi connectivity index (χ1v) is 9.55. The average molecular weight is 415 g/mol. The fourth-order valence-corrected chi connectivity index (χ4v) is 3.45. The van der Waals surface area contributed by atoms with Crippen molar-refractivity contribution in [1.29, 1.82) is 0 Å². The van der Waals surface area contributed by atoms with Crippen molar-refractivity contribution in [2.75, 3.05) is 0 Å². The van der Waals surface area contributed by atoms with E-state index < -0.39 is 17.5 Å². The molecule has 2 aliphatic heterocycles. The van der Waals surface area contributed by atoms with Crippen LogP contribution < -0.4 is 0 Å². The third-order valence-corrected chi connectivity index (χ3v) is 4.92. The van der Waals surface area contributed by atoms with Gasteiger partial charge in [0.1, 0.15) is 11.5 Å². The number of fused-ring (bicyclic) bond motifs is 1. The third kappa shape index (κ3) is 3.50. The van der Waals surface area contributed by atoms with E-state index in [-0.39, 0.29) is 17.0 Å². The lowest BCUT2D eigenvalue weighted by Crippen LogP contribution is -2.36. The van der Waals surface area contributed by atoms with E-state index >= 15 is 0 Å². The molecule has 5 rings (SSSR count). The Morgan fingerprint density at radius 3 is 2.58 bits per heavy atom. The van der Waals surface area contributed by atoms with Gasteiger partial charge in [-0.15, -0.1) is 0 Å². The Kier molecular flexibility index (Phi) is 4.63. The second-order valence-corrected chi connectivity index (χ2v) is 6.99. The van der Waals surface area contributed by atoms with Crippen LogP contribution >= 0.6 is 0 Å². The number of benzene rings is 2. The molecule has 7 heteroatoms. The van der Waals surface area contributed by atoms with E-state index in [9.17, 15) is 13.6 Å². The van der Waals surface area contributed by atoms with Crippen LogP contribution in [0.15, 0.2) is 93.2 Å². The van der Waals surface area contributed by atoms with Crippen LogP contribution in [0.3, 0.4) is 0 Å². The molecule has 0 saturated carbocycles. The van der Waals surface area contributed by atoms with Gasteiger partial charge in [0.2, 0.25) is 0 Å². The zero-order chi connectivity index (χ0) is 21.4. The Hall–Kier alpha value is -4.13. The van der Waals surface area contributed by atoms with Crippen molar-refractivity contribution in [1.82, 2.24) is 4.90 Å². The van der Waals surface area contributed by atoms with Crippen molar-refractivity contribution in [3.8, 4) is 0 Å². The number of carbonyl (C=O) groups excluding carboxylic acids is 1. The van der Waals surface area contributed by atoms with Crippen LogP contribution in [0.4, 0.5) is 8.78 Å². The summed E-state index contributed by atoms with van der Waals surface area (Å²) in [6.45, 7) is 0. The Morgan fingerprint density at radius 1 is 0.968 bits per heavy atom. The lowest BCUT2D eigenvalue weighted by molar-refractivity contribution is -0.120. The molecule has 0 N–H and O–H groups in total. The van der Waals surface area contributed by atoms with Crippen molar-refractivity contribution in [2.45, 2.75) is 6.42 Å². The van der Waals surface area contributed by atoms with Crippen molar-refractivity contribution in [2.24, 2.45) is 9.98 Å². The molecule has 0 aliphatic carbocycles. The minimum absolute atomic E-state index is 0.0270. The highest BCUT2D eigenvalue weighted by Crippen LogP contribution is 2.30. The Labute approximate surface area is 176 Å². The SMILES string of the molecule is O=C1/C(=C\c2ccco2)N=C2C(Cc3ccccc3)=NC(c3cccc(F)c3F)=CN12. The van der Waals surface area contributed by atoms with Gasteiger partial charge in [0.15, 0.2) is 17.5 Å². The van der Waals surface area contributed by atoms with Gasteiger partial charge in [0, 0.05) is 24.3 Å². The lowest BCUT2D eigenvalue weighted by atomic mass is 10.0. The minimum Gasteiger partial charge on any atom is -0.465 e. The van der Waals surface area contributed by atoms with Crippen LogP contribution in [0, 0.1) is 11.6 Å². The topological polar surface area (TPSA) is 58.2 Å². The number of hydrogen-bond donors (Lipinski definition) is 0. The van der Waals surface area contributed by atoms with Crippen LogP contribution in [0.25, 0.3) is 11.8 Å². The zero-order valence-corrected chi connectivity index (χ0v) is 16.1. The highest BCUT2D eigenvalue weighted by atomic mass is 19.2. The summed E-state index contributed by atoms with van der Waals surface area (Å²) < 4.78 is 33.6. The molecular formula is C24H15F2N3O2. The number of nitrogens with zero attached hydrogens (tertiary/aromatic N) is 3. The van der Waals surface area contributed by atoms with E-state index in [0.29, 0.717) is 23.7 Å². The molecular weight excluding hydrogens is 400 g/mol. The number of halogens is 2. The third-order valence-electron chi connectivity index (χ3n) is 4.92. The van der Waals surface area contributed by atoms with Gasteiger partial charge in [0.25, 0.3) is 5.91 Å². The van der Waals surface area contributed by atoms with Gasteiger partial charge in [0.05, 0.1) is 17.7 Å². The zero-order valence-electron chi connectivity index (χ0n) is 16.1. The van der Waals surface area contributed by atoms with E-state index in [2.05, 4.69) is 9.98 Å². The largest absolute Gasteiger partial charge is 0.465 e. The summed E-state index contributed by atoms with van der Waals surface area (Å²) >= 11 is 0. The molecule has 0 bridgehead atoms. The van der Waals surface area contributed by atoms with Crippen LogP contribution in [0.5, 0.6) is 0 Å². The summed E-state index contributed by atoms with van der Waals surface area (Å²) in [5, 5.41) is 0. The number of hydrogen-bond acceptors (Lipinski definition) is 4. The van der Waals surface area contributed by atoms with Gasteiger partial charge in [-0.3, -0.25) is 9.69 Å². The van der Waals surface area contributed by atoms with Crippen LogP contribution in [0.2, 0.25) is 0 Å². The molecule has 3 aromatic rings. The number of carbonyl (C=O) groups is 1. The van der Waals surface area contributed by atoms with Crippen molar-refractivity contribution in [3.63, 3.8) is 0 Å². The van der Waals surface area contributed by atoms with E-state index in [4.69, 9.17) is 4.42 Å². The van der Waals surface area contributed by atoms with Crippen LogP contribution in [0.1, 0.15) is 16.9 Å². The molecule has 0 fully saturated rings. The van der Waals surface area contributed by atoms with Gasteiger partial charge in [-0.2, -0.15) is 0 Å². The first kappa shape index (κ1) is 18.9. The quantitative estimate of drug-likeness (QED) is 0.573. The highest BCUT2D eigenvalue weighted by molar-refractivity contribution is 6.48. The summed E-state index contributed by atoms with van der Waals surface area (Å²) in [5.41, 5.74) is 1.71. The molecule has 0 atom stereocenters. The molecule has 1 amide bonds. The summed E-state index contributed by atoms with van der Waals surface area (Å²) in [4.78, 5) is 23.4. The van der Waals surface area contributed by atoms with Gasteiger partial charge in [-0.05, 0) is 29.8 Å². The molecule has 2 aliphatic rings. The first-order chi connectivity index (χ1) is 15.1. The molecule has 2 aromatic carbocycles. The van der Waals surface area contributed by atoms with E-state index in [0.717, 1.165) is 11.6 Å². The standard InChI is InChI=1S/C24H15F2N3O2/c25-18-10-4-9-17(22(18)26)21-14-29-23(19(27-21)12-15-6-2-1-3-7-15)28-20(24(29)30)13-16-8-5-11-31-16/h1-11,13-14H,12H2/b20-13+. The molecule has 5 nitrogen and oxygen atoms in total. The molecule has 0 radical (unpaired) electrons. The maximum atomic E-state index is 14.5. The van der Waals surface area contributed by atoms with Crippen molar-refractivity contribution < 1.29 is 18.0 Å². The number of aliphatic imine (C=N–C) groups is 2. The second-order valence-electron chi connectivity index (χ2n) is 6.99.